The number of unbranched alkanes of at least 4 members (excludes halogenated alkanes) is 1. The van der Waals surface area contributed by atoms with E-state index in [0.29, 0.717) is 11.7 Å². The van der Waals surface area contributed by atoms with Crippen molar-refractivity contribution in [2.24, 2.45) is 11.7 Å². The molecule has 0 radical (unpaired) electrons. The summed E-state index contributed by atoms with van der Waals surface area (Å²) in [5.74, 6) is 2.01. The maximum atomic E-state index is 11.8. The first kappa shape index (κ1) is 16.4. The van der Waals surface area contributed by atoms with Crippen LogP contribution in [0.15, 0.2) is 24.3 Å². The fourth-order valence-electron chi connectivity index (χ4n) is 2.06. The summed E-state index contributed by atoms with van der Waals surface area (Å²) in [6.07, 6.45) is 3.20. The summed E-state index contributed by atoms with van der Waals surface area (Å²) >= 11 is 0. The number of rotatable bonds is 8. The minimum atomic E-state index is -0.790. The van der Waals surface area contributed by atoms with Gasteiger partial charge in [-0.3, -0.25) is 4.21 Å². The van der Waals surface area contributed by atoms with E-state index in [9.17, 15) is 4.21 Å². The zero-order valence-corrected chi connectivity index (χ0v) is 13.2. The Bertz CT molecular complexity index is 386. The Hall–Kier alpha value is -0.670. The molecule has 0 aromatic heterocycles. The monoisotopic (exact) mass is 281 g/mol. The lowest BCUT2D eigenvalue weighted by molar-refractivity contribution is 0.646. The highest BCUT2D eigenvalue weighted by atomic mass is 32.2. The summed E-state index contributed by atoms with van der Waals surface area (Å²) < 4.78 is 11.8. The van der Waals surface area contributed by atoms with Gasteiger partial charge in [0.25, 0.3) is 0 Å². The van der Waals surface area contributed by atoms with Gasteiger partial charge in [0.05, 0.1) is 0 Å². The van der Waals surface area contributed by atoms with Crippen molar-refractivity contribution in [3.63, 3.8) is 0 Å². The summed E-state index contributed by atoms with van der Waals surface area (Å²) in [6, 6.07) is 8.35. The number of nitrogens with two attached hydrogens (primary N) is 1. The normalized spacial score (nSPS) is 14.6. The fraction of sp³-hybridized carbons (Fsp3) is 0.625. The Kier molecular flexibility index (Phi) is 7.32. The quantitative estimate of drug-likeness (QED) is 0.793. The molecule has 0 spiro atoms. The van der Waals surface area contributed by atoms with E-state index < -0.39 is 10.8 Å². The molecule has 2 atom stereocenters. The second-order valence-electron chi connectivity index (χ2n) is 5.61. The Labute approximate surface area is 120 Å². The van der Waals surface area contributed by atoms with Gasteiger partial charge in [-0.15, -0.1) is 0 Å². The van der Waals surface area contributed by atoms with Crippen LogP contribution in [0.2, 0.25) is 0 Å². The second kappa shape index (κ2) is 8.49. The molecular weight excluding hydrogens is 254 g/mol. The average molecular weight is 281 g/mol. The Balaban J connectivity index is 2.52. The lowest BCUT2D eigenvalue weighted by Gasteiger charge is -2.13. The zero-order chi connectivity index (χ0) is 14.3. The van der Waals surface area contributed by atoms with E-state index in [0.717, 1.165) is 30.6 Å². The third-order valence-corrected chi connectivity index (χ3v) is 4.62. The predicted octanol–water partition coefficient (Wildman–Crippen LogP) is 3.43. The molecule has 1 aromatic rings. The Morgan fingerprint density at radius 1 is 1.21 bits per heavy atom. The molecule has 2 N–H and O–H groups in total. The van der Waals surface area contributed by atoms with Gasteiger partial charge in [-0.2, -0.15) is 0 Å². The molecule has 0 bridgehead atoms. The van der Waals surface area contributed by atoms with Crippen molar-refractivity contribution in [3.8, 4) is 0 Å². The van der Waals surface area contributed by atoms with Gasteiger partial charge in [0, 0.05) is 28.3 Å². The summed E-state index contributed by atoms with van der Waals surface area (Å²) in [7, 11) is -0.790. The van der Waals surface area contributed by atoms with Crippen molar-refractivity contribution >= 4 is 10.8 Å². The van der Waals surface area contributed by atoms with Crippen LogP contribution in [0.5, 0.6) is 0 Å². The molecular formula is C16H27NOS. The van der Waals surface area contributed by atoms with E-state index in [4.69, 9.17) is 5.73 Å². The minimum Gasteiger partial charge on any atom is -0.323 e. The van der Waals surface area contributed by atoms with Crippen LogP contribution in [0.4, 0.5) is 0 Å². The van der Waals surface area contributed by atoms with Gasteiger partial charge in [0.15, 0.2) is 0 Å². The Morgan fingerprint density at radius 3 is 2.37 bits per heavy atom. The van der Waals surface area contributed by atoms with Crippen molar-refractivity contribution in [2.75, 3.05) is 11.5 Å². The summed E-state index contributed by atoms with van der Waals surface area (Å²) in [4.78, 5) is 0. The zero-order valence-electron chi connectivity index (χ0n) is 12.4. The largest absolute Gasteiger partial charge is 0.323 e. The molecule has 0 fully saturated rings. The number of benzene rings is 1. The smallest absolute Gasteiger partial charge is 0.0428 e. The predicted molar refractivity (Wildman–Crippen MR) is 84.7 cm³/mol. The molecule has 1 rings (SSSR count). The van der Waals surface area contributed by atoms with Crippen LogP contribution in [-0.2, 0) is 17.2 Å². The third kappa shape index (κ3) is 6.35. The van der Waals surface area contributed by atoms with Crippen LogP contribution in [0.25, 0.3) is 0 Å². The summed E-state index contributed by atoms with van der Waals surface area (Å²) in [5, 5.41) is 0. The molecule has 0 saturated heterocycles. The van der Waals surface area contributed by atoms with Crippen LogP contribution in [0.1, 0.15) is 50.8 Å². The molecule has 0 amide bonds. The first-order valence-electron chi connectivity index (χ1n) is 7.22. The van der Waals surface area contributed by atoms with Crippen LogP contribution in [0, 0.1) is 5.92 Å². The van der Waals surface area contributed by atoms with E-state index in [1.54, 1.807) is 0 Å². The van der Waals surface area contributed by atoms with Gasteiger partial charge in [-0.1, -0.05) is 51.5 Å². The molecule has 3 heteroatoms. The van der Waals surface area contributed by atoms with Gasteiger partial charge >= 0.3 is 0 Å². The highest BCUT2D eigenvalue weighted by molar-refractivity contribution is 7.85. The van der Waals surface area contributed by atoms with E-state index in [1.807, 2.05) is 0 Å². The highest BCUT2D eigenvalue weighted by Crippen LogP contribution is 2.15. The van der Waals surface area contributed by atoms with Crippen molar-refractivity contribution in [1.82, 2.24) is 0 Å². The molecule has 108 valence electrons. The van der Waals surface area contributed by atoms with E-state index in [2.05, 4.69) is 45.0 Å². The van der Waals surface area contributed by atoms with Crippen LogP contribution < -0.4 is 5.73 Å². The molecule has 0 aliphatic carbocycles. The topological polar surface area (TPSA) is 43.1 Å². The highest BCUT2D eigenvalue weighted by Gasteiger charge is 2.10. The standard InChI is InChI=1S/C16H27NOS/c1-4-5-10-19(18)12-16(17)15-8-6-14(7-9-15)11-13(2)3/h6-9,13,16H,4-5,10-12,17H2,1-3H3. The van der Waals surface area contributed by atoms with Crippen LogP contribution in [0.3, 0.4) is 0 Å². The van der Waals surface area contributed by atoms with Gasteiger partial charge in [0.2, 0.25) is 0 Å². The molecule has 19 heavy (non-hydrogen) atoms. The van der Waals surface area contributed by atoms with E-state index in [1.165, 1.54) is 5.56 Å². The molecule has 2 nitrogen and oxygen atoms in total. The lowest BCUT2D eigenvalue weighted by atomic mass is 10.0. The third-order valence-electron chi connectivity index (χ3n) is 3.14. The molecule has 0 saturated carbocycles. The maximum Gasteiger partial charge on any atom is 0.0428 e. The first-order valence-corrected chi connectivity index (χ1v) is 8.71. The minimum absolute atomic E-state index is 0.106. The van der Waals surface area contributed by atoms with E-state index >= 15 is 0 Å². The van der Waals surface area contributed by atoms with Gasteiger partial charge in [-0.25, -0.2) is 0 Å². The van der Waals surface area contributed by atoms with Crippen molar-refractivity contribution in [1.29, 1.82) is 0 Å². The van der Waals surface area contributed by atoms with Gasteiger partial charge in [0.1, 0.15) is 0 Å². The molecule has 0 heterocycles. The van der Waals surface area contributed by atoms with Gasteiger partial charge < -0.3 is 5.73 Å². The van der Waals surface area contributed by atoms with Crippen molar-refractivity contribution in [2.45, 2.75) is 46.1 Å². The van der Waals surface area contributed by atoms with Crippen LogP contribution >= 0.6 is 0 Å². The molecule has 2 unspecified atom stereocenters. The maximum absolute atomic E-state index is 11.8. The first-order chi connectivity index (χ1) is 9.02. The molecule has 0 aliphatic heterocycles. The Morgan fingerprint density at radius 2 is 1.84 bits per heavy atom. The fourth-order valence-corrected chi connectivity index (χ4v) is 3.43. The van der Waals surface area contributed by atoms with Crippen LogP contribution in [-0.4, -0.2) is 15.7 Å². The van der Waals surface area contributed by atoms with Crippen molar-refractivity contribution < 1.29 is 4.21 Å². The summed E-state index contributed by atoms with van der Waals surface area (Å²) in [6.45, 7) is 6.55. The second-order valence-corrected chi connectivity index (χ2v) is 7.23. The number of hydrogen-bond donors (Lipinski definition) is 1. The number of hydrogen-bond acceptors (Lipinski definition) is 2. The van der Waals surface area contributed by atoms with E-state index in [-0.39, 0.29) is 6.04 Å². The molecule has 1 aromatic carbocycles. The SMILES string of the molecule is CCCCS(=O)CC(N)c1ccc(CC(C)C)cc1. The lowest BCUT2D eigenvalue weighted by Crippen LogP contribution is -2.19. The average Bonchev–Trinajstić information content (AvgIpc) is 2.36. The summed E-state index contributed by atoms with van der Waals surface area (Å²) in [5.41, 5.74) is 8.57. The van der Waals surface area contributed by atoms with Gasteiger partial charge in [-0.05, 0) is 29.9 Å². The molecule has 0 aliphatic rings. The van der Waals surface area contributed by atoms with Crippen molar-refractivity contribution in [3.05, 3.63) is 35.4 Å².